The van der Waals surface area contributed by atoms with Gasteiger partial charge in [0.1, 0.15) is 0 Å². The topological polar surface area (TPSA) is 3.24 Å². The lowest BCUT2D eigenvalue weighted by atomic mass is 9.94. The summed E-state index contributed by atoms with van der Waals surface area (Å²) >= 11 is 0. The molecule has 1 rings (SSSR count). The number of likely N-dealkylation sites (tertiary alicyclic amines) is 1. The molecule has 0 N–H and O–H groups in total. The second-order valence-electron chi connectivity index (χ2n) is 3.75. The van der Waals surface area contributed by atoms with E-state index in [0.29, 0.717) is 0 Å². The molecule has 1 heterocycles. The summed E-state index contributed by atoms with van der Waals surface area (Å²) in [5.41, 5.74) is 3.46. The standard InChI is InChI=1S/C11H17N/c1-7-10-8(2)11(4,5)12(6)9(10)3/h7H,2-3H2,1,4-6H3/b10-7-. The normalized spacial score (nSPS) is 25.7. The summed E-state index contributed by atoms with van der Waals surface area (Å²) in [5.74, 6) is 0. The van der Waals surface area contributed by atoms with Crippen molar-refractivity contribution in [3.63, 3.8) is 0 Å². The Morgan fingerprint density at radius 2 is 1.83 bits per heavy atom. The number of nitrogens with zero attached hydrogens (tertiary/aromatic N) is 1. The van der Waals surface area contributed by atoms with Gasteiger partial charge in [-0.3, -0.25) is 0 Å². The van der Waals surface area contributed by atoms with Crippen molar-refractivity contribution in [2.45, 2.75) is 26.3 Å². The third-order valence-corrected chi connectivity index (χ3v) is 2.91. The van der Waals surface area contributed by atoms with E-state index in [1.54, 1.807) is 0 Å². The molecule has 1 aliphatic rings. The van der Waals surface area contributed by atoms with E-state index >= 15 is 0 Å². The van der Waals surface area contributed by atoms with E-state index in [0.717, 1.165) is 11.3 Å². The van der Waals surface area contributed by atoms with E-state index < -0.39 is 0 Å². The fourth-order valence-corrected chi connectivity index (χ4v) is 1.57. The van der Waals surface area contributed by atoms with Gasteiger partial charge in [0.05, 0.1) is 5.54 Å². The minimum atomic E-state index is 0.0267. The van der Waals surface area contributed by atoms with Crippen LogP contribution in [0.5, 0.6) is 0 Å². The molecule has 0 unspecified atom stereocenters. The van der Waals surface area contributed by atoms with Gasteiger partial charge in [-0.15, -0.1) is 0 Å². The fourth-order valence-electron chi connectivity index (χ4n) is 1.57. The molecular weight excluding hydrogens is 146 g/mol. The minimum Gasteiger partial charge on any atom is -0.365 e. The average Bonchev–Trinajstić information content (AvgIpc) is 2.15. The molecular formula is C11H17N. The first-order chi connectivity index (χ1) is 5.42. The van der Waals surface area contributed by atoms with E-state index in [2.05, 4.69) is 45.0 Å². The van der Waals surface area contributed by atoms with Crippen LogP contribution in [0.15, 0.2) is 36.1 Å². The van der Waals surface area contributed by atoms with Gasteiger partial charge in [0, 0.05) is 12.7 Å². The smallest absolute Gasteiger partial charge is 0.0595 e. The Bertz CT molecular complexity index is 269. The molecule has 0 amide bonds. The Morgan fingerprint density at radius 3 is 2.00 bits per heavy atom. The Labute approximate surface area is 75.1 Å². The SMILES string of the molecule is C=C1/C(=C\C)C(=C)C(C)(C)N1C. The number of rotatable bonds is 0. The second kappa shape index (κ2) is 2.51. The Kier molecular flexibility index (Phi) is 1.91. The van der Waals surface area contributed by atoms with E-state index in [1.165, 1.54) is 5.57 Å². The van der Waals surface area contributed by atoms with Crippen molar-refractivity contribution in [3.8, 4) is 0 Å². The highest BCUT2D eigenvalue weighted by atomic mass is 15.2. The van der Waals surface area contributed by atoms with Gasteiger partial charge >= 0.3 is 0 Å². The zero-order valence-electron chi connectivity index (χ0n) is 8.44. The van der Waals surface area contributed by atoms with Crippen molar-refractivity contribution in [1.29, 1.82) is 0 Å². The van der Waals surface area contributed by atoms with Crippen LogP contribution in [-0.2, 0) is 0 Å². The largest absolute Gasteiger partial charge is 0.365 e. The zero-order valence-corrected chi connectivity index (χ0v) is 8.44. The molecule has 66 valence electrons. The summed E-state index contributed by atoms with van der Waals surface area (Å²) < 4.78 is 0. The highest BCUT2D eigenvalue weighted by Gasteiger charge is 2.37. The number of likely N-dealkylation sites (N-methyl/N-ethyl adjacent to an activating group) is 1. The third-order valence-electron chi connectivity index (χ3n) is 2.91. The van der Waals surface area contributed by atoms with Crippen LogP contribution in [0.2, 0.25) is 0 Å². The van der Waals surface area contributed by atoms with Crippen molar-refractivity contribution in [3.05, 3.63) is 36.1 Å². The van der Waals surface area contributed by atoms with Gasteiger partial charge in [0.2, 0.25) is 0 Å². The Hall–Kier alpha value is -0.980. The molecule has 0 bridgehead atoms. The summed E-state index contributed by atoms with van der Waals surface area (Å²) in [6.07, 6.45) is 2.08. The van der Waals surface area contributed by atoms with Gasteiger partial charge in [0.15, 0.2) is 0 Å². The van der Waals surface area contributed by atoms with Crippen LogP contribution in [0.25, 0.3) is 0 Å². The van der Waals surface area contributed by atoms with Crippen molar-refractivity contribution >= 4 is 0 Å². The van der Waals surface area contributed by atoms with Crippen LogP contribution in [0, 0.1) is 0 Å². The zero-order chi connectivity index (χ0) is 9.52. The van der Waals surface area contributed by atoms with Gasteiger partial charge < -0.3 is 4.90 Å². The summed E-state index contributed by atoms with van der Waals surface area (Å²) in [4.78, 5) is 2.17. The molecule has 1 aliphatic heterocycles. The molecule has 1 saturated heterocycles. The minimum absolute atomic E-state index is 0.0267. The first-order valence-corrected chi connectivity index (χ1v) is 4.22. The van der Waals surface area contributed by atoms with E-state index in [4.69, 9.17) is 0 Å². The Morgan fingerprint density at radius 1 is 1.33 bits per heavy atom. The monoisotopic (exact) mass is 163 g/mol. The highest BCUT2D eigenvalue weighted by Crippen LogP contribution is 2.41. The summed E-state index contributed by atoms with van der Waals surface area (Å²) in [6, 6.07) is 0. The number of hydrogen-bond acceptors (Lipinski definition) is 1. The predicted octanol–water partition coefficient (Wildman–Crippen LogP) is 2.73. The predicted molar refractivity (Wildman–Crippen MR) is 53.9 cm³/mol. The van der Waals surface area contributed by atoms with Gasteiger partial charge in [-0.1, -0.05) is 19.2 Å². The number of allylic oxidation sites excluding steroid dienone is 2. The first-order valence-electron chi connectivity index (χ1n) is 4.22. The van der Waals surface area contributed by atoms with Gasteiger partial charge in [-0.05, 0) is 31.9 Å². The molecule has 1 nitrogen and oxygen atoms in total. The molecule has 0 spiro atoms. The lowest BCUT2D eigenvalue weighted by Crippen LogP contribution is -2.34. The molecule has 12 heavy (non-hydrogen) atoms. The van der Waals surface area contributed by atoms with Crippen LogP contribution in [0.1, 0.15) is 20.8 Å². The third kappa shape index (κ3) is 0.927. The summed E-state index contributed by atoms with van der Waals surface area (Å²) in [5, 5.41) is 0. The van der Waals surface area contributed by atoms with E-state index in [9.17, 15) is 0 Å². The maximum atomic E-state index is 4.09. The van der Waals surface area contributed by atoms with Crippen LogP contribution < -0.4 is 0 Å². The molecule has 1 heteroatoms. The second-order valence-corrected chi connectivity index (χ2v) is 3.75. The van der Waals surface area contributed by atoms with Crippen LogP contribution >= 0.6 is 0 Å². The average molecular weight is 163 g/mol. The summed E-state index contributed by atoms with van der Waals surface area (Å²) in [6.45, 7) is 14.5. The van der Waals surface area contributed by atoms with Crippen molar-refractivity contribution in [2.75, 3.05) is 7.05 Å². The maximum absolute atomic E-state index is 4.09. The van der Waals surface area contributed by atoms with Crippen LogP contribution in [-0.4, -0.2) is 17.5 Å². The Balaban J connectivity index is 3.21. The van der Waals surface area contributed by atoms with E-state index in [1.807, 2.05) is 6.92 Å². The molecule has 0 aromatic heterocycles. The first kappa shape index (κ1) is 9.11. The van der Waals surface area contributed by atoms with Crippen molar-refractivity contribution in [1.82, 2.24) is 4.90 Å². The molecule has 0 saturated carbocycles. The maximum Gasteiger partial charge on any atom is 0.0595 e. The molecule has 0 aliphatic carbocycles. The van der Waals surface area contributed by atoms with Crippen LogP contribution in [0.4, 0.5) is 0 Å². The number of hydrogen-bond donors (Lipinski definition) is 0. The molecule has 0 aromatic rings. The van der Waals surface area contributed by atoms with Crippen LogP contribution in [0.3, 0.4) is 0 Å². The highest BCUT2D eigenvalue weighted by molar-refractivity contribution is 5.54. The van der Waals surface area contributed by atoms with Gasteiger partial charge in [0.25, 0.3) is 0 Å². The van der Waals surface area contributed by atoms with E-state index in [-0.39, 0.29) is 5.54 Å². The van der Waals surface area contributed by atoms with Gasteiger partial charge in [-0.2, -0.15) is 0 Å². The van der Waals surface area contributed by atoms with Gasteiger partial charge in [-0.25, -0.2) is 0 Å². The molecule has 0 radical (unpaired) electrons. The fraction of sp³-hybridized carbons (Fsp3) is 0.455. The van der Waals surface area contributed by atoms with Crippen molar-refractivity contribution in [2.24, 2.45) is 0 Å². The molecule has 0 aromatic carbocycles. The quantitative estimate of drug-likeness (QED) is 0.530. The molecule has 0 atom stereocenters. The molecule has 1 fully saturated rings. The van der Waals surface area contributed by atoms with Crippen molar-refractivity contribution < 1.29 is 0 Å². The lowest BCUT2D eigenvalue weighted by molar-refractivity contribution is 0.287. The lowest BCUT2D eigenvalue weighted by Gasteiger charge is -2.29. The summed E-state index contributed by atoms with van der Waals surface area (Å²) in [7, 11) is 2.06.